The molecule has 0 bridgehead atoms. The van der Waals surface area contributed by atoms with Gasteiger partial charge in [0.15, 0.2) is 0 Å². The molecule has 0 spiro atoms. The zero-order valence-electron chi connectivity index (χ0n) is 21.0. The van der Waals surface area contributed by atoms with Gasteiger partial charge in [0.2, 0.25) is 0 Å². The molecule has 200 valence electrons. The van der Waals surface area contributed by atoms with Crippen LogP contribution in [0.4, 0.5) is 13.2 Å². The fraction of sp³-hybridized carbons (Fsp3) is 0.310. The van der Waals surface area contributed by atoms with Crippen LogP contribution in [0.3, 0.4) is 0 Å². The zero-order valence-corrected chi connectivity index (χ0v) is 22.7. The Labute approximate surface area is 218 Å². The third-order valence-electron chi connectivity index (χ3n) is 6.57. The molecule has 37 heavy (non-hydrogen) atoms. The van der Waals surface area contributed by atoms with Crippen molar-refractivity contribution >= 4 is 32.9 Å². The molecule has 3 aromatic rings. The van der Waals surface area contributed by atoms with Crippen LogP contribution in [0.25, 0.3) is 0 Å². The number of allylic oxidation sites excluding steroid dienone is 2. The number of unbranched alkanes of at least 4 members (excludes halogenated alkanes) is 4. The van der Waals surface area contributed by atoms with Crippen molar-refractivity contribution in [3.63, 3.8) is 0 Å². The first-order valence-corrected chi connectivity index (χ1v) is 16.3. The standard InChI is InChI=1S/C29H34F3O3PS/c1-2-3-4-5-6-7-8-18-25-36(26-19-12-9-13-20-26,27-21-14-10-15-22-27,28-23-16-11-17-24-28)35-37(33,34)29(30,31)32/h7-17,19-24H,2-6,18,25H2,1H3/b8-7+. The van der Waals surface area contributed by atoms with Crippen LogP contribution in [0, 0.1) is 0 Å². The number of benzene rings is 3. The van der Waals surface area contributed by atoms with Gasteiger partial charge in [-0.05, 0) is 0 Å². The molecule has 0 amide bonds. The molecule has 0 aliphatic carbocycles. The summed E-state index contributed by atoms with van der Waals surface area (Å²) in [6, 6.07) is 25.5. The quantitative estimate of drug-likeness (QED) is 0.0977. The maximum atomic E-state index is 14.0. The first kappa shape index (κ1) is 29.1. The van der Waals surface area contributed by atoms with Gasteiger partial charge in [0, 0.05) is 0 Å². The van der Waals surface area contributed by atoms with E-state index >= 15 is 0 Å². The fourth-order valence-corrected chi connectivity index (χ4v) is 12.9. The Balaban J connectivity index is 2.28. The van der Waals surface area contributed by atoms with Crippen LogP contribution in [0.5, 0.6) is 0 Å². The normalized spacial score (nSPS) is 13.9. The molecule has 0 fully saturated rings. The zero-order chi connectivity index (χ0) is 26.9. The predicted octanol–water partition coefficient (Wildman–Crippen LogP) is 7.21. The second-order valence-electron chi connectivity index (χ2n) is 9.03. The molecular formula is C29H34F3O3PS. The summed E-state index contributed by atoms with van der Waals surface area (Å²) < 4.78 is 73.4. The van der Waals surface area contributed by atoms with Crippen LogP contribution in [0.15, 0.2) is 103 Å². The molecule has 0 heterocycles. The first-order chi connectivity index (χ1) is 17.7. The third kappa shape index (κ3) is 6.17. The van der Waals surface area contributed by atoms with E-state index in [4.69, 9.17) is 3.97 Å². The minimum absolute atomic E-state index is 0.0599. The van der Waals surface area contributed by atoms with Crippen LogP contribution < -0.4 is 15.9 Å². The molecule has 0 atom stereocenters. The summed E-state index contributed by atoms with van der Waals surface area (Å²) in [6.45, 7) is -2.55. The van der Waals surface area contributed by atoms with Crippen molar-refractivity contribution in [1.82, 2.24) is 0 Å². The van der Waals surface area contributed by atoms with Gasteiger partial charge in [-0.2, -0.15) is 0 Å². The van der Waals surface area contributed by atoms with Crippen LogP contribution in [-0.4, -0.2) is 20.1 Å². The van der Waals surface area contributed by atoms with Gasteiger partial charge in [0.1, 0.15) is 0 Å². The van der Waals surface area contributed by atoms with Crippen molar-refractivity contribution in [2.75, 3.05) is 6.16 Å². The summed E-state index contributed by atoms with van der Waals surface area (Å²) in [6.07, 6.45) is 9.67. The molecule has 0 radical (unpaired) electrons. The Morgan fingerprint density at radius 3 is 1.54 bits per heavy atom. The molecule has 0 unspecified atom stereocenters. The second kappa shape index (κ2) is 12.4. The summed E-state index contributed by atoms with van der Waals surface area (Å²) in [7, 11) is -5.98. The van der Waals surface area contributed by atoms with E-state index in [-0.39, 0.29) is 6.16 Å². The fourth-order valence-electron chi connectivity index (χ4n) is 4.74. The van der Waals surface area contributed by atoms with Gasteiger partial charge in [-0.25, -0.2) is 0 Å². The van der Waals surface area contributed by atoms with E-state index in [1.165, 1.54) is 0 Å². The summed E-state index contributed by atoms with van der Waals surface area (Å²) in [5.41, 5.74) is -5.58. The van der Waals surface area contributed by atoms with Crippen molar-refractivity contribution in [2.24, 2.45) is 0 Å². The maximum absolute atomic E-state index is 14.0. The number of hydrogen-bond acceptors (Lipinski definition) is 3. The molecule has 0 saturated carbocycles. The van der Waals surface area contributed by atoms with E-state index in [0.717, 1.165) is 32.1 Å². The average Bonchev–Trinajstić information content (AvgIpc) is 2.90. The number of alkyl halides is 3. The summed E-state index contributed by atoms with van der Waals surface area (Å²) >= 11 is 0. The molecule has 0 aliphatic rings. The third-order valence-corrected chi connectivity index (χ3v) is 14.5. The Bertz CT molecular complexity index is 1150. The molecule has 3 nitrogen and oxygen atoms in total. The second-order valence-corrected chi connectivity index (χ2v) is 15.4. The van der Waals surface area contributed by atoms with Crippen LogP contribution in [-0.2, 0) is 14.1 Å². The summed E-state index contributed by atoms with van der Waals surface area (Å²) in [5.74, 6) is 0. The van der Waals surface area contributed by atoms with Gasteiger partial charge in [-0.1, -0.05) is 0 Å². The Hall–Kier alpha value is -2.47. The van der Waals surface area contributed by atoms with Crippen molar-refractivity contribution in [3.05, 3.63) is 103 Å². The van der Waals surface area contributed by atoms with Gasteiger partial charge in [-0.3, -0.25) is 0 Å². The van der Waals surface area contributed by atoms with E-state index in [2.05, 4.69) is 6.92 Å². The Morgan fingerprint density at radius 2 is 1.14 bits per heavy atom. The Morgan fingerprint density at radius 1 is 0.703 bits per heavy atom. The van der Waals surface area contributed by atoms with E-state index < -0.39 is 22.5 Å². The molecule has 3 rings (SSSR count). The summed E-state index contributed by atoms with van der Waals surface area (Å²) in [4.78, 5) is 0. The molecule has 3 aromatic carbocycles. The van der Waals surface area contributed by atoms with Gasteiger partial charge in [-0.15, -0.1) is 0 Å². The van der Waals surface area contributed by atoms with E-state index in [9.17, 15) is 21.6 Å². The van der Waals surface area contributed by atoms with E-state index in [1.54, 1.807) is 91.0 Å². The predicted molar refractivity (Wildman–Crippen MR) is 149 cm³/mol. The number of halogens is 3. The van der Waals surface area contributed by atoms with Crippen molar-refractivity contribution in [1.29, 1.82) is 0 Å². The van der Waals surface area contributed by atoms with Crippen molar-refractivity contribution in [2.45, 2.75) is 51.0 Å². The Kier molecular flexibility index (Phi) is 9.74. The molecule has 0 aliphatic heterocycles. The van der Waals surface area contributed by atoms with Crippen molar-refractivity contribution < 1.29 is 25.6 Å². The number of rotatable bonds is 13. The van der Waals surface area contributed by atoms with Gasteiger partial charge in [0.05, 0.1) is 0 Å². The molecular weight excluding hydrogens is 516 g/mol. The van der Waals surface area contributed by atoms with Crippen LogP contribution in [0.2, 0.25) is 0 Å². The monoisotopic (exact) mass is 550 g/mol. The molecule has 8 heteroatoms. The van der Waals surface area contributed by atoms with Gasteiger partial charge >= 0.3 is 219 Å². The van der Waals surface area contributed by atoms with Gasteiger partial charge < -0.3 is 0 Å². The summed E-state index contributed by atoms with van der Waals surface area (Å²) in [5, 5.41) is 1.28. The average molecular weight is 551 g/mol. The topological polar surface area (TPSA) is 43.4 Å². The molecule has 0 aromatic heterocycles. The SMILES string of the molecule is CCCCCC/C=C/CCP(OS(=O)(=O)C(F)(F)F)(c1ccccc1)(c1ccccc1)c1ccccc1. The van der Waals surface area contributed by atoms with Crippen LogP contribution >= 0.6 is 6.83 Å². The molecule has 0 N–H and O–H groups in total. The molecule has 0 saturated heterocycles. The first-order valence-electron chi connectivity index (χ1n) is 12.5. The van der Waals surface area contributed by atoms with E-state index in [1.807, 2.05) is 12.2 Å². The van der Waals surface area contributed by atoms with E-state index in [0.29, 0.717) is 22.3 Å². The van der Waals surface area contributed by atoms with Crippen molar-refractivity contribution in [3.8, 4) is 0 Å². The number of hydrogen-bond donors (Lipinski definition) is 0. The minimum atomic E-state index is -5.98. The van der Waals surface area contributed by atoms with Gasteiger partial charge in [0.25, 0.3) is 0 Å². The van der Waals surface area contributed by atoms with Crippen LogP contribution in [0.1, 0.15) is 45.4 Å².